The number of benzene rings is 2. The van der Waals surface area contributed by atoms with E-state index in [1.54, 1.807) is 21.3 Å². The Labute approximate surface area is 161 Å². The largest absolute Gasteiger partial charge is 0.496 e. The van der Waals surface area contributed by atoms with Gasteiger partial charge in [-0.05, 0) is 31.0 Å². The molecule has 0 aromatic heterocycles. The number of para-hydroxylation sites is 2. The van der Waals surface area contributed by atoms with E-state index in [4.69, 9.17) is 14.2 Å². The molecule has 0 fully saturated rings. The second kappa shape index (κ2) is 10.6. The van der Waals surface area contributed by atoms with Gasteiger partial charge in [-0.2, -0.15) is 0 Å². The van der Waals surface area contributed by atoms with Gasteiger partial charge in [-0.25, -0.2) is 0 Å². The van der Waals surface area contributed by atoms with Gasteiger partial charge in [0.1, 0.15) is 11.5 Å². The van der Waals surface area contributed by atoms with Crippen LogP contribution in [0.1, 0.15) is 24.5 Å². The van der Waals surface area contributed by atoms with Crippen LogP contribution in [0.4, 0.5) is 0 Å². The highest BCUT2D eigenvalue weighted by Crippen LogP contribution is 2.23. The molecule has 5 heteroatoms. The number of carbonyl (C=O) groups is 1. The Morgan fingerprint density at radius 3 is 2.07 bits per heavy atom. The fourth-order valence-electron chi connectivity index (χ4n) is 3.13. The lowest BCUT2D eigenvalue weighted by molar-refractivity contribution is -0.135. The first-order valence-corrected chi connectivity index (χ1v) is 9.12. The van der Waals surface area contributed by atoms with E-state index in [2.05, 4.69) is 0 Å². The number of aryl methyl sites for hydroxylation is 1. The molecule has 0 aliphatic carbocycles. The molecule has 2 aromatic carbocycles. The first-order valence-electron chi connectivity index (χ1n) is 9.12. The molecule has 1 amide bonds. The smallest absolute Gasteiger partial charge is 0.223 e. The van der Waals surface area contributed by atoms with Gasteiger partial charge in [-0.3, -0.25) is 4.79 Å². The number of carbonyl (C=O) groups excluding carboxylic acids is 1. The van der Waals surface area contributed by atoms with Crippen molar-refractivity contribution in [2.24, 2.45) is 0 Å². The lowest BCUT2D eigenvalue weighted by Crippen LogP contribution is -2.40. The minimum Gasteiger partial charge on any atom is -0.496 e. The van der Waals surface area contributed by atoms with Gasteiger partial charge in [0.15, 0.2) is 0 Å². The third-order valence-corrected chi connectivity index (χ3v) is 4.59. The fourth-order valence-corrected chi connectivity index (χ4v) is 3.13. The van der Waals surface area contributed by atoms with Crippen LogP contribution in [0, 0.1) is 0 Å². The number of amides is 1. The molecular weight excluding hydrogens is 342 g/mol. The molecule has 5 nitrogen and oxygen atoms in total. The molecule has 0 saturated heterocycles. The standard InChI is InChI=1S/C22H29NO4/c1-17(16-25-2)23(15-19-10-6-8-12-21(19)27-4)22(24)14-13-18-9-5-7-11-20(18)26-3/h5-12,17H,13-16H2,1-4H3/t17-/m0/s1. The van der Waals surface area contributed by atoms with Crippen LogP contribution in [0.15, 0.2) is 48.5 Å². The molecule has 0 heterocycles. The van der Waals surface area contributed by atoms with Crippen LogP contribution >= 0.6 is 0 Å². The van der Waals surface area contributed by atoms with E-state index in [-0.39, 0.29) is 11.9 Å². The van der Waals surface area contributed by atoms with Crippen molar-refractivity contribution in [2.45, 2.75) is 32.4 Å². The minimum absolute atomic E-state index is 0.0370. The van der Waals surface area contributed by atoms with Crippen LogP contribution in [-0.2, 0) is 22.5 Å². The Hall–Kier alpha value is -2.53. The zero-order valence-corrected chi connectivity index (χ0v) is 16.6. The van der Waals surface area contributed by atoms with Crippen molar-refractivity contribution in [3.05, 3.63) is 59.7 Å². The highest BCUT2D eigenvalue weighted by atomic mass is 16.5. The van der Waals surface area contributed by atoms with Crippen molar-refractivity contribution in [2.75, 3.05) is 27.9 Å². The summed E-state index contributed by atoms with van der Waals surface area (Å²) in [6, 6.07) is 15.5. The molecular formula is C22H29NO4. The van der Waals surface area contributed by atoms with Gasteiger partial charge in [0.25, 0.3) is 0 Å². The summed E-state index contributed by atoms with van der Waals surface area (Å²) in [6.45, 7) is 2.97. The van der Waals surface area contributed by atoms with Crippen LogP contribution in [0.3, 0.4) is 0 Å². The van der Waals surface area contributed by atoms with Crippen LogP contribution in [0.2, 0.25) is 0 Å². The first kappa shape index (κ1) is 20.8. The zero-order chi connectivity index (χ0) is 19.6. The van der Waals surface area contributed by atoms with Crippen LogP contribution in [-0.4, -0.2) is 44.8 Å². The summed E-state index contributed by atoms with van der Waals surface area (Å²) in [4.78, 5) is 14.9. The lowest BCUT2D eigenvalue weighted by Gasteiger charge is -2.29. The molecule has 0 bridgehead atoms. The van der Waals surface area contributed by atoms with Gasteiger partial charge in [-0.1, -0.05) is 36.4 Å². The molecule has 27 heavy (non-hydrogen) atoms. The second-order valence-electron chi connectivity index (χ2n) is 6.45. The average molecular weight is 371 g/mol. The average Bonchev–Trinajstić information content (AvgIpc) is 2.70. The number of ether oxygens (including phenoxy) is 3. The SMILES string of the molecule is COC[C@H](C)N(Cc1ccccc1OC)C(=O)CCc1ccccc1OC. The molecule has 0 N–H and O–H groups in total. The molecule has 0 spiro atoms. The van der Waals surface area contributed by atoms with E-state index in [0.29, 0.717) is 26.0 Å². The maximum atomic E-state index is 13.0. The van der Waals surface area contributed by atoms with E-state index in [0.717, 1.165) is 22.6 Å². The molecule has 1 atom stereocenters. The van der Waals surface area contributed by atoms with Crippen molar-refractivity contribution in [3.8, 4) is 11.5 Å². The summed E-state index contributed by atoms with van der Waals surface area (Å²) >= 11 is 0. The van der Waals surface area contributed by atoms with Crippen molar-refractivity contribution in [3.63, 3.8) is 0 Å². The maximum Gasteiger partial charge on any atom is 0.223 e. The van der Waals surface area contributed by atoms with E-state index in [1.165, 1.54) is 0 Å². The van der Waals surface area contributed by atoms with E-state index >= 15 is 0 Å². The summed E-state index contributed by atoms with van der Waals surface area (Å²) in [6.07, 6.45) is 1.04. The Morgan fingerprint density at radius 2 is 1.48 bits per heavy atom. The van der Waals surface area contributed by atoms with Gasteiger partial charge in [0.2, 0.25) is 5.91 Å². The summed E-state index contributed by atoms with van der Waals surface area (Å²) in [5.41, 5.74) is 2.01. The van der Waals surface area contributed by atoms with Gasteiger partial charge in [-0.15, -0.1) is 0 Å². The maximum absolute atomic E-state index is 13.0. The van der Waals surface area contributed by atoms with E-state index in [1.807, 2.05) is 60.4 Å². The molecule has 2 rings (SSSR count). The Balaban J connectivity index is 2.14. The number of hydrogen-bond acceptors (Lipinski definition) is 4. The zero-order valence-electron chi connectivity index (χ0n) is 16.6. The van der Waals surface area contributed by atoms with E-state index in [9.17, 15) is 4.79 Å². The van der Waals surface area contributed by atoms with Crippen LogP contribution < -0.4 is 9.47 Å². The first-order chi connectivity index (χ1) is 13.1. The Morgan fingerprint density at radius 1 is 0.926 bits per heavy atom. The summed E-state index contributed by atoms with van der Waals surface area (Å²) in [5, 5.41) is 0. The Kier molecular flexibility index (Phi) is 8.14. The monoisotopic (exact) mass is 371 g/mol. The third-order valence-electron chi connectivity index (χ3n) is 4.59. The molecule has 146 valence electrons. The lowest BCUT2D eigenvalue weighted by atomic mass is 10.1. The second-order valence-corrected chi connectivity index (χ2v) is 6.45. The molecule has 0 saturated carbocycles. The summed E-state index contributed by atoms with van der Waals surface area (Å²) < 4.78 is 16.1. The predicted molar refractivity (Wildman–Crippen MR) is 106 cm³/mol. The summed E-state index contributed by atoms with van der Waals surface area (Å²) in [7, 11) is 4.94. The molecule has 2 aromatic rings. The highest BCUT2D eigenvalue weighted by molar-refractivity contribution is 5.77. The van der Waals surface area contributed by atoms with Gasteiger partial charge in [0, 0.05) is 25.6 Å². The van der Waals surface area contributed by atoms with Crippen LogP contribution in [0.25, 0.3) is 0 Å². The Bertz CT molecular complexity index is 732. The number of nitrogens with zero attached hydrogens (tertiary/aromatic N) is 1. The molecule has 0 aliphatic heterocycles. The van der Waals surface area contributed by atoms with Gasteiger partial charge >= 0.3 is 0 Å². The highest BCUT2D eigenvalue weighted by Gasteiger charge is 2.22. The molecule has 0 aliphatic rings. The third kappa shape index (κ3) is 5.73. The van der Waals surface area contributed by atoms with Crippen LogP contribution in [0.5, 0.6) is 11.5 Å². The predicted octanol–water partition coefficient (Wildman–Crippen LogP) is 3.70. The van der Waals surface area contributed by atoms with Gasteiger partial charge < -0.3 is 19.1 Å². The van der Waals surface area contributed by atoms with E-state index < -0.39 is 0 Å². The summed E-state index contributed by atoms with van der Waals surface area (Å²) in [5.74, 6) is 1.67. The number of hydrogen-bond donors (Lipinski definition) is 0. The quantitative estimate of drug-likeness (QED) is 0.639. The molecule has 0 unspecified atom stereocenters. The van der Waals surface area contributed by atoms with Crippen molar-refractivity contribution >= 4 is 5.91 Å². The molecule has 0 radical (unpaired) electrons. The fraction of sp³-hybridized carbons (Fsp3) is 0.409. The van der Waals surface area contributed by atoms with Crippen molar-refractivity contribution in [1.82, 2.24) is 4.90 Å². The van der Waals surface area contributed by atoms with Crippen molar-refractivity contribution in [1.29, 1.82) is 0 Å². The normalized spacial score (nSPS) is 11.7. The number of methoxy groups -OCH3 is 3. The minimum atomic E-state index is -0.0370. The number of rotatable bonds is 10. The topological polar surface area (TPSA) is 48.0 Å². The van der Waals surface area contributed by atoms with Gasteiger partial charge in [0.05, 0.1) is 26.9 Å². The van der Waals surface area contributed by atoms with Crippen molar-refractivity contribution < 1.29 is 19.0 Å².